The van der Waals surface area contributed by atoms with Gasteiger partial charge in [0.15, 0.2) is 0 Å². The van der Waals surface area contributed by atoms with Gasteiger partial charge in [0, 0.05) is 19.1 Å². The minimum Gasteiger partial charge on any atom is -0.354 e. The molecule has 0 radical (unpaired) electrons. The van der Waals surface area contributed by atoms with Crippen LogP contribution < -0.4 is 11.1 Å². The summed E-state index contributed by atoms with van der Waals surface area (Å²) in [6.07, 6.45) is 4.54. The van der Waals surface area contributed by atoms with Gasteiger partial charge in [-0.2, -0.15) is 0 Å². The Morgan fingerprint density at radius 3 is 2.79 bits per heavy atom. The molecular weight excluding hydrogens is 178 g/mol. The van der Waals surface area contributed by atoms with Crippen LogP contribution >= 0.6 is 0 Å². The van der Waals surface area contributed by atoms with Crippen molar-refractivity contribution in [3.63, 3.8) is 0 Å². The molecule has 0 aromatic carbocycles. The van der Waals surface area contributed by atoms with Crippen molar-refractivity contribution < 1.29 is 4.79 Å². The van der Waals surface area contributed by atoms with Crippen LogP contribution in [0.3, 0.4) is 0 Å². The van der Waals surface area contributed by atoms with Crippen molar-refractivity contribution in [2.45, 2.75) is 12.5 Å². The Balaban J connectivity index is 2.19. The number of nitrogens with two attached hydrogens (primary N) is 1. The lowest BCUT2D eigenvalue weighted by Gasteiger charge is -2.13. The molecule has 1 rings (SSSR count). The number of carbonyl (C=O) groups excluding carboxylic acids is 1. The van der Waals surface area contributed by atoms with E-state index in [9.17, 15) is 4.79 Å². The lowest BCUT2D eigenvalue weighted by Crippen LogP contribution is -2.35. The van der Waals surface area contributed by atoms with Gasteiger partial charge in [-0.3, -0.25) is 4.79 Å². The van der Waals surface area contributed by atoms with Gasteiger partial charge < -0.3 is 16.0 Å². The molecule has 0 bridgehead atoms. The van der Waals surface area contributed by atoms with Crippen LogP contribution in [-0.4, -0.2) is 44.0 Å². The first-order chi connectivity index (χ1) is 6.59. The Morgan fingerprint density at radius 1 is 1.57 bits per heavy atom. The van der Waals surface area contributed by atoms with Gasteiger partial charge in [0.2, 0.25) is 5.91 Å². The fourth-order valence-electron chi connectivity index (χ4n) is 1.46. The maximum atomic E-state index is 11.5. The van der Waals surface area contributed by atoms with Crippen LogP contribution in [0.4, 0.5) is 0 Å². The van der Waals surface area contributed by atoms with E-state index in [1.165, 1.54) is 0 Å². The Morgan fingerprint density at radius 2 is 2.29 bits per heavy atom. The standard InChI is InChI=1S/C10H19N3O/c1-13(2)6-5-12-10(14)8-3-4-9(11)7-8/h3-4,8-9H,5-7,11H2,1-2H3,(H,12,14). The van der Waals surface area contributed by atoms with Crippen LogP contribution in [-0.2, 0) is 4.79 Å². The number of nitrogens with zero attached hydrogens (tertiary/aromatic N) is 1. The van der Waals surface area contributed by atoms with E-state index in [-0.39, 0.29) is 17.9 Å². The molecule has 0 saturated heterocycles. The van der Waals surface area contributed by atoms with Crippen molar-refractivity contribution in [3.05, 3.63) is 12.2 Å². The van der Waals surface area contributed by atoms with E-state index in [0.29, 0.717) is 6.54 Å². The van der Waals surface area contributed by atoms with Gasteiger partial charge in [0.25, 0.3) is 0 Å². The molecule has 1 aliphatic rings. The van der Waals surface area contributed by atoms with Gasteiger partial charge in [0.1, 0.15) is 0 Å². The van der Waals surface area contributed by atoms with Crippen molar-refractivity contribution >= 4 is 5.91 Å². The molecule has 0 aromatic rings. The third-order valence-corrected chi connectivity index (χ3v) is 2.31. The topological polar surface area (TPSA) is 58.4 Å². The molecule has 0 spiro atoms. The predicted molar refractivity (Wildman–Crippen MR) is 56.8 cm³/mol. The summed E-state index contributed by atoms with van der Waals surface area (Å²) in [5.74, 6) is 0.0724. The SMILES string of the molecule is CN(C)CCNC(=O)C1C=CC(N)C1. The molecule has 0 saturated carbocycles. The van der Waals surface area contributed by atoms with Crippen molar-refractivity contribution in [1.29, 1.82) is 0 Å². The second kappa shape index (κ2) is 5.12. The summed E-state index contributed by atoms with van der Waals surface area (Å²) in [4.78, 5) is 13.6. The minimum absolute atomic E-state index is 0.0211. The fourth-order valence-corrected chi connectivity index (χ4v) is 1.46. The highest BCUT2D eigenvalue weighted by atomic mass is 16.1. The summed E-state index contributed by atoms with van der Waals surface area (Å²) in [5, 5.41) is 2.89. The first-order valence-corrected chi connectivity index (χ1v) is 4.96. The van der Waals surface area contributed by atoms with E-state index in [0.717, 1.165) is 13.0 Å². The number of amides is 1. The molecule has 0 fully saturated rings. The van der Waals surface area contributed by atoms with Crippen LogP contribution in [0, 0.1) is 5.92 Å². The van der Waals surface area contributed by atoms with E-state index in [1.54, 1.807) is 0 Å². The zero-order valence-corrected chi connectivity index (χ0v) is 8.86. The summed E-state index contributed by atoms with van der Waals surface area (Å²) in [7, 11) is 3.97. The Bertz CT molecular complexity index is 225. The molecule has 1 amide bonds. The molecule has 0 heterocycles. The van der Waals surface area contributed by atoms with Gasteiger partial charge in [-0.15, -0.1) is 0 Å². The number of nitrogens with one attached hydrogen (secondary N) is 1. The van der Waals surface area contributed by atoms with Crippen molar-refractivity contribution in [1.82, 2.24) is 10.2 Å². The van der Waals surface area contributed by atoms with Gasteiger partial charge >= 0.3 is 0 Å². The summed E-state index contributed by atoms with van der Waals surface area (Å²) in [6, 6.07) is 0.0552. The third-order valence-electron chi connectivity index (χ3n) is 2.31. The molecule has 2 unspecified atom stereocenters. The second-order valence-electron chi connectivity index (χ2n) is 3.99. The van der Waals surface area contributed by atoms with Gasteiger partial charge in [-0.25, -0.2) is 0 Å². The van der Waals surface area contributed by atoms with Crippen molar-refractivity contribution in [2.24, 2.45) is 11.7 Å². The smallest absolute Gasteiger partial charge is 0.227 e. The largest absolute Gasteiger partial charge is 0.354 e. The number of rotatable bonds is 4. The van der Waals surface area contributed by atoms with Crippen LogP contribution in [0.1, 0.15) is 6.42 Å². The van der Waals surface area contributed by atoms with E-state index in [4.69, 9.17) is 5.73 Å². The molecule has 4 heteroatoms. The zero-order chi connectivity index (χ0) is 10.6. The predicted octanol–water partition coefficient (Wildman–Crippen LogP) is -0.432. The molecule has 0 aromatic heterocycles. The number of hydrogen-bond acceptors (Lipinski definition) is 3. The van der Waals surface area contributed by atoms with E-state index >= 15 is 0 Å². The first kappa shape index (κ1) is 11.2. The van der Waals surface area contributed by atoms with E-state index < -0.39 is 0 Å². The monoisotopic (exact) mass is 197 g/mol. The highest BCUT2D eigenvalue weighted by Crippen LogP contribution is 2.15. The molecular formula is C10H19N3O. The van der Waals surface area contributed by atoms with E-state index in [2.05, 4.69) is 5.32 Å². The molecule has 0 aliphatic heterocycles. The maximum Gasteiger partial charge on any atom is 0.227 e. The highest BCUT2D eigenvalue weighted by molar-refractivity contribution is 5.81. The van der Waals surface area contributed by atoms with Crippen LogP contribution in [0.2, 0.25) is 0 Å². The Kier molecular flexibility index (Phi) is 4.10. The second-order valence-corrected chi connectivity index (χ2v) is 3.99. The summed E-state index contributed by atoms with van der Waals surface area (Å²) < 4.78 is 0. The third kappa shape index (κ3) is 3.47. The number of carbonyl (C=O) groups is 1. The summed E-state index contributed by atoms with van der Waals surface area (Å²) in [5.41, 5.74) is 5.66. The molecule has 3 N–H and O–H groups in total. The average Bonchev–Trinajstić information content (AvgIpc) is 2.51. The van der Waals surface area contributed by atoms with Crippen LogP contribution in [0.5, 0.6) is 0 Å². The lowest BCUT2D eigenvalue weighted by molar-refractivity contribution is -0.123. The first-order valence-electron chi connectivity index (χ1n) is 4.96. The minimum atomic E-state index is -0.0211. The van der Waals surface area contributed by atoms with Gasteiger partial charge in [0.05, 0.1) is 5.92 Å². The van der Waals surface area contributed by atoms with Crippen molar-refractivity contribution in [2.75, 3.05) is 27.2 Å². The Labute approximate surface area is 85.1 Å². The highest BCUT2D eigenvalue weighted by Gasteiger charge is 2.21. The fraction of sp³-hybridized carbons (Fsp3) is 0.700. The van der Waals surface area contributed by atoms with Crippen LogP contribution in [0.15, 0.2) is 12.2 Å². The zero-order valence-electron chi connectivity index (χ0n) is 8.86. The molecule has 2 atom stereocenters. The van der Waals surface area contributed by atoms with Crippen molar-refractivity contribution in [3.8, 4) is 0 Å². The quantitative estimate of drug-likeness (QED) is 0.601. The van der Waals surface area contributed by atoms with Gasteiger partial charge in [-0.1, -0.05) is 12.2 Å². The van der Waals surface area contributed by atoms with E-state index in [1.807, 2.05) is 31.1 Å². The lowest BCUT2D eigenvalue weighted by atomic mass is 10.1. The molecule has 14 heavy (non-hydrogen) atoms. The molecule has 4 nitrogen and oxygen atoms in total. The summed E-state index contributed by atoms with van der Waals surface area (Å²) >= 11 is 0. The summed E-state index contributed by atoms with van der Waals surface area (Å²) in [6.45, 7) is 1.57. The number of likely N-dealkylation sites (N-methyl/N-ethyl adjacent to an activating group) is 1. The average molecular weight is 197 g/mol. The number of hydrogen-bond donors (Lipinski definition) is 2. The van der Waals surface area contributed by atoms with Gasteiger partial charge in [-0.05, 0) is 20.5 Å². The molecule has 1 aliphatic carbocycles. The van der Waals surface area contributed by atoms with Crippen LogP contribution in [0.25, 0.3) is 0 Å². The molecule has 80 valence electrons. The maximum absolute atomic E-state index is 11.5. The Hall–Kier alpha value is -0.870. The normalized spacial score (nSPS) is 25.7.